The van der Waals surface area contributed by atoms with Gasteiger partial charge in [0.2, 0.25) is 5.91 Å². The van der Waals surface area contributed by atoms with Crippen molar-refractivity contribution in [3.05, 3.63) is 16.1 Å². The molecule has 0 saturated heterocycles. The Morgan fingerprint density at radius 2 is 2.04 bits per heavy atom. The zero-order valence-electron chi connectivity index (χ0n) is 14.2. The molecule has 0 unspecified atom stereocenters. The predicted molar refractivity (Wildman–Crippen MR) is 89.5 cm³/mol. The Balaban J connectivity index is 2.64. The van der Waals surface area contributed by atoms with Crippen molar-refractivity contribution in [2.24, 2.45) is 0 Å². The lowest BCUT2D eigenvalue weighted by Crippen LogP contribution is -2.31. The Morgan fingerprint density at radius 3 is 2.70 bits per heavy atom. The van der Waals surface area contributed by atoms with Crippen molar-refractivity contribution < 1.29 is 19.1 Å². The molecule has 1 heterocycles. The van der Waals surface area contributed by atoms with E-state index >= 15 is 0 Å². The molecule has 0 bridgehead atoms. The van der Waals surface area contributed by atoms with Gasteiger partial charge < -0.3 is 14.4 Å². The van der Waals surface area contributed by atoms with Crippen LogP contribution in [0.2, 0.25) is 0 Å². The SMILES string of the molecule is CCCC(=O)N(CCCOCC)Cc1nc(C(=O)OCC)cs1. The fourth-order valence-electron chi connectivity index (χ4n) is 2.01. The van der Waals surface area contributed by atoms with Gasteiger partial charge in [-0.3, -0.25) is 4.79 Å². The Labute approximate surface area is 141 Å². The van der Waals surface area contributed by atoms with Crippen LogP contribution in [-0.4, -0.2) is 48.1 Å². The molecule has 1 aromatic rings. The summed E-state index contributed by atoms with van der Waals surface area (Å²) in [5.74, 6) is -0.310. The predicted octanol–water partition coefficient (Wildman–Crippen LogP) is 2.88. The fraction of sp³-hybridized carbons (Fsp3) is 0.688. The van der Waals surface area contributed by atoms with E-state index in [2.05, 4.69) is 4.98 Å². The fourth-order valence-corrected chi connectivity index (χ4v) is 2.79. The lowest BCUT2D eigenvalue weighted by molar-refractivity contribution is -0.132. The van der Waals surface area contributed by atoms with Crippen LogP contribution in [0, 0.1) is 0 Å². The van der Waals surface area contributed by atoms with E-state index in [1.165, 1.54) is 11.3 Å². The molecule has 0 aliphatic rings. The number of esters is 1. The Bertz CT molecular complexity index is 490. The van der Waals surface area contributed by atoms with Crippen LogP contribution in [0.15, 0.2) is 5.38 Å². The maximum Gasteiger partial charge on any atom is 0.357 e. The van der Waals surface area contributed by atoms with Crippen LogP contribution in [0.4, 0.5) is 0 Å². The summed E-state index contributed by atoms with van der Waals surface area (Å²) in [7, 11) is 0. The van der Waals surface area contributed by atoms with Gasteiger partial charge in [-0.1, -0.05) is 6.92 Å². The minimum Gasteiger partial charge on any atom is -0.461 e. The third-order valence-corrected chi connectivity index (χ3v) is 3.93. The summed E-state index contributed by atoms with van der Waals surface area (Å²) in [6.07, 6.45) is 2.12. The smallest absolute Gasteiger partial charge is 0.357 e. The van der Waals surface area contributed by atoms with Gasteiger partial charge >= 0.3 is 5.97 Å². The molecule has 0 aromatic carbocycles. The summed E-state index contributed by atoms with van der Waals surface area (Å²) < 4.78 is 10.3. The lowest BCUT2D eigenvalue weighted by atomic mass is 10.3. The summed E-state index contributed by atoms with van der Waals surface area (Å²) in [6, 6.07) is 0. The number of ether oxygens (including phenoxy) is 2. The first-order chi connectivity index (χ1) is 11.1. The zero-order valence-corrected chi connectivity index (χ0v) is 15.0. The third kappa shape index (κ3) is 7.09. The number of aromatic nitrogens is 1. The van der Waals surface area contributed by atoms with E-state index < -0.39 is 5.97 Å². The molecule has 1 aromatic heterocycles. The standard InChI is InChI=1S/C16H26N2O4S/c1-4-8-15(19)18(9-7-10-21-5-2)11-14-17-13(12-23-14)16(20)22-6-3/h12H,4-11H2,1-3H3. The van der Waals surface area contributed by atoms with Crippen LogP contribution >= 0.6 is 11.3 Å². The maximum atomic E-state index is 12.2. The number of carbonyl (C=O) groups is 2. The largest absolute Gasteiger partial charge is 0.461 e. The van der Waals surface area contributed by atoms with Gasteiger partial charge in [0.25, 0.3) is 0 Å². The molecular formula is C16H26N2O4S. The number of hydrogen-bond donors (Lipinski definition) is 0. The van der Waals surface area contributed by atoms with Crippen molar-refractivity contribution in [1.82, 2.24) is 9.88 Å². The van der Waals surface area contributed by atoms with Gasteiger partial charge in [-0.15, -0.1) is 11.3 Å². The van der Waals surface area contributed by atoms with Crippen molar-refractivity contribution in [1.29, 1.82) is 0 Å². The van der Waals surface area contributed by atoms with E-state index in [4.69, 9.17) is 9.47 Å². The molecule has 1 rings (SSSR count). The van der Waals surface area contributed by atoms with Crippen molar-refractivity contribution in [2.75, 3.05) is 26.4 Å². The second-order valence-electron chi connectivity index (χ2n) is 4.96. The normalized spacial score (nSPS) is 10.6. The van der Waals surface area contributed by atoms with Gasteiger partial charge in [-0.25, -0.2) is 9.78 Å². The van der Waals surface area contributed by atoms with E-state index in [0.717, 1.165) is 17.8 Å². The highest BCUT2D eigenvalue weighted by molar-refractivity contribution is 7.09. The molecule has 0 aliphatic heterocycles. The number of rotatable bonds is 11. The number of amides is 1. The zero-order chi connectivity index (χ0) is 17.1. The summed E-state index contributed by atoms with van der Waals surface area (Å²) in [6.45, 7) is 8.39. The highest BCUT2D eigenvalue weighted by atomic mass is 32.1. The van der Waals surface area contributed by atoms with E-state index in [1.807, 2.05) is 13.8 Å². The number of carbonyl (C=O) groups excluding carboxylic acids is 2. The van der Waals surface area contributed by atoms with Gasteiger partial charge in [-0.05, 0) is 26.7 Å². The highest BCUT2D eigenvalue weighted by Gasteiger charge is 2.17. The van der Waals surface area contributed by atoms with Crippen LogP contribution in [0.5, 0.6) is 0 Å². The Hall–Kier alpha value is -1.47. The monoisotopic (exact) mass is 342 g/mol. The van der Waals surface area contributed by atoms with E-state index in [9.17, 15) is 9.59 Å². The van der Waals surface area contributed by atoms with Crippen LogP contribution in [0.3, 0.4) is 0 Å². The first-order valence-electron chi connectivity index (χ1n) is 8.09. The Morgan fingerprint density at radius 1 is 1.26 bits per heavy atom. The molecule has 0 aliphatic carbocycles. The minimum absolute atomic E-state index is 0.108. The van der Waals surface area contributed by atoms with E-state index in [-0.39, 0.29) is 5.91 Å². The molecule has 0 spiro atoms. The minimum atomic E-state index is -0.419. The molecule has 7 heteroatoms. The molecule has 0 atom stereocenters. The molecule has 0 saturated carbocycles. The summed E-state index contributed by atoms with van der Waals surface area (Å²) in [5, 5.41) is 2.42. The van der Waals surface area contributed by atoms with Gasteiger partial charge in [0.1, 0.15) is 5.01 Å². The number of hydrogen-bond acceptors (Lipinski definition) is 6. The van der Waals surface area contributed by atoms with Gasteiger partial charge in [0.15, 0.2) is 5.69 Å². The summed E-state index contributed by atoms with van der Waals surface area (Å²) in [4.78, 5) is 29.9. The van der Waals surface area contributed by atoms with E-state index in [0.29, 0.717) is 45.0 Å². The molecule has 1 amide bonds. The average Bonchev–Trinajstić information content (AvgIpc) is 2.99. The van der Waals surface area contributed by atoms with Crippen LogP contribution in [0.25, 0.3) is 0 Å². The van der Waals surface area contributed by atoms with E-state index in [1.54, 1.807) is 17.2 Å². The molecule has 23 heavy (non-hydrogen) atoms. The van der Waals surface area contributed by atoms with Crippen molar-refractivity contribution in [3.63, 3.8) is 0 Å². The first-order valence-corrected chi connectivity index (χ1v) is 8.97. The second kappa shape index (κ2) is 11.1. The number of thiazole rings is 1. The third-order valence-electron chi connectivity index (χ3n) is 3.10. The molecular weight excluding hydrogens is 316 g/mol. The molecule has 0 fully saturated rings. The molecule has 130 valence electrons. The highest BCUT2D eigenvalue weighted by Crippen LogP contribution is 2.15. The molecule has 0 N–H and O–H groups in total. The lowest BCUT2D eigenvalue weighted by Gasteiger charge is -2.21. The molecule has 0 radical (unpaired) electrons. The number of nitrogens with zero attached hydrogens (tertiary/aromatic N) is 2. The Kier molecular flexibility index (Phi) is 9.47. The topological polar surface area (TPSA) is 68.7 Å². The summed E-state index contributed by atoms with van der Waals surface area (Å²) >= 11 is 1.37. The van der Waals surface area contributed by atoms with Crippen molar-refractivity contribution in [3.8, 4) is 0 Å². The maximum absolute atomic E-state index is 12.2. The first kappa shape index (κ1) is 19.6. The van der Waals surface area contributed by atoms with Gasteiger partial charge in [0.05, 0.1) is 13.2 Å². The van der Waals surface area contributed by atoms with Crippen LogP contribution < -0.4 is 0 Å². The quantitative estimate of drug-likeness (QED) is 0.457. The van der Waals surface area contributed by atoms with Gasteiger partial charge in [-0.2, -0.15) is 0 Å². The average molecular weight is 342 g/mol. The van der Waals surface area contributed by atoms with Crippen LogP contribution in [0.1, 0.15) is 55.5 Å². The van der Waals surface area contributed by atoms with Crippen molar-refractivity contribution in [2.45, 2.75) is 46.6 Å². The van der Waals surface area contributed by atoms with Crippen LogP contribution in [-0.2, 0) is 20.8 Å². The molecule has 6 nitrogen and oxygen atoms in total. The van der Waals surface area contributed by atoms with Crippen molar-refractivity contribution >= 4 is 23.2 Å². The second-order valence-corrected chi connectivity index (χ2v) is 5.91. The summed E-state index contributed by atoms with van der Waals surface area (Å²) in [5.41, 5.74) is 0.309. The van der Waals surface area contributed by atoms with Gasteiger partial charge in [0, 0.05) is 31.6 Å².